The second-order valence-electron chi connectivity index (χ2n) is 7.48. The highest BCUT2D eigenvalue weighted by atomic mass is 16.5. The molecule has 1 saturated heterocycles. The number of carbonyl (C=O) groups is 4. The Labute approximate surface area is 186 Å². The van der Waals surface area contributed by atoms with Gasteiger partial charge >= 0.3 is 6.03 Å². The van der Waals surface area contributed by atoms with Gasteiger partial charge in [0.25, 0.3) is 5.91 Å². The highest BCUT2D eigenvalue weighted by molar-refractivity contribution is 6.09. The van der Waals surface area contributed by atoms with Gasteiger partial charge in [0.1, 0.15) is 17.8 Å². The number of nitrogens with zero attached hydrogens (tertiary/aromatic N) is 2. The fourth-order valence-electron chi connectivity index (χ4n) is 3.59. The van der Waals surface area contributed by atoms with Crippen molar-refractivity contribution in [2.75, 3.05) is 32.6 Å². The average Bonchev–Trinajstić information content (AvgIpc) is 3.04. The van der Waals surface area contributed by atoms with Crippen LogP contribution in [0.1, 0.15) is 18.9 Å². The topological polar surface area (TPSA) is 108 Å². The van der Waals surface area contributed by atoms with E-state index >= 15 is 0 Å². The van der Waals surface area contributed by atoms with Crippen LogP contribution in [0.2, 0.25) is 0 Å². The number of rotatable bonds is 8. The number of amides is 5. The first-order valence-electron chi connectivity index (χ1n) is 10.2. The van der Waals surface area contributed by atoms with Gasteiger partial charge in [0.15, 0.2) is 0 Å². The quantitative estimate of drug-likeness (QED) is 0.613. The van der Waals surface area contributed by atoms with E-state index in [1.807, 2.05) is 6.07 Å². The largest absolute Gasteiger partial charge is 0.497 e. The first kappa shape index (κ1) is 22.8. The summed E-state index contributed by atoms with van der Waals surface area (Å²) in [7, 11) is 2.96. The van der Waals surface area contributed by atoms with Gasteiger partial charge in [0, 0.05) is 18.8 Å². The zero-order chi connectivity index (χ0) is 23.3. The lowest BCUT2D eigenvalue weighted by Gasteiger charge is -2.26. The average molecular weight is 438 g/mol. The van der Waals surface area contributed by atoms with E-state index in [9.17, 15) is 19.2 Å². The van der Waals surface area contributed by atoms with Crippen molar-refractivity contribution in [3.63, 3.8) is 0 Å². The van der Waals surface area contributed by atoms with Gasteiger partial charge in [0.2, 0.25) is 11.8 Å². The minimum absolute atomic E-state index is 0.239. The van der Waals surface area contributed by atoms with E-state index in [2.05, 4.69) is 10.6 Å². The number of carbonyl (C=O) groups excluding carboxylic acids is 4. The smallest absolute Gasteiger partial charge is 0.325 e. The number of nitrogens with one attached hydrogen (secondary N) is 2. The lowest BCUT2D eigenvalue weighted by Crippen LogP contribution is -2.46. The summed E-state index contributed by atoms with van der Waals surface area (Å²) in [6.45, 7) is 1.10. The molecular formula is C23H26N4O5. The number of methoxy groups -OCH3 is 1. The van der Waals surface area contributed by atoms with E-state index in [0.29, 0.717) is 23.4 Å². The Morgan fingerprint density at radius 1 is 1.12 bits per heavy atom. The van der Waals surface area contributed by atoms with Gasteiger partial charge in [-0.2, -0.15) is 0 Å². The molecule has 5 amide bonds. The number of hydrogen-bond donors (Lipinski definition) is 2. The Balaban J connectivity index is 1.63. The van der Waals surface area contributed by atoms with Gasteiger partial charge in [-0.05, 0) is 24.1 Å². The van der Waals surface area contributed by atoms with E-state index in [-0.39, 0.29) is 6.54 Å². The monoisotopic (exact) mass is 438 g/mol. The third-order valence-electron chi connectivity index (χ3n) is 5.43. The van der Waals surface area contributed by atoms with E-state index in [1.54, 1.807) is 55.5 Å². The predicted molar refractivity (Wildman–Crippen MR) is 118 cm³/mol. The number of ether oxygens (including phenoxy) is 1. The maximum absolute atomic E-state index is 13.1. The van der Waals surface area contributed by atoms with Crippen molar-refractivity contribution in [3.05, 3.63) is 60.2 Å². The summed E-state index contributed by atoms with van der Waals surface area (Å²) < 4.78 is 5.12. The molecule has 1 aliphatic heterocycles. The molecule has 1 aliphatic rings. The van der Waals surface area contributed by atoms with Crippen molar-refractivity contribution < 1.29 is 23.9 Å². The molecule has 0 aliphatic carbocycles. The Bertz CT molecular complexity index is 1030. The molecule has 2 aromatic carbocycles. The van der Waals surface area contributed by atoms with E-state index < -0.39 is 35.8 Å². The number of urea groups is 1. The molecule has 0 bridgehead atoms. The summed E-state index contributed by atoms with van der Waals surface area (Å²) in [5, 5.41) is 5.42. The molecule has 2 N–H and O–H groups in total. The van der Waals surface area contributed by atoms with Crippen LogP contribution in [0.25, 0.3) is 0 Å². The van der Waals surface area contributed by atoms with Gasteiger partial charge < -0.3 is 20.3 Å². The molecule has 3 rings (SSSR count). The van der Waals surface area contributed by atoms with Crippen LogP contribution in [0.15, 0.2) is 54.6 Å². The van der Waals surface area contributed by atoms with Gasteiger partial charge in [-0.25, -0.2) is 4.79 Å². The first-order chi connectivity index (χ1) is 15.3. The van der Waals surface area contributed by atoms with Crippen LogP contribution < -0.4 is 15.4 Å². The first-order valence-corrected chi connectivity index (χ1v) is 10.2. The third kappa shape index (κ3) is 4.56. The van der Waals surface area contributed by atoms with Crippen LogP contribution in [0, 0.1) is 0 Å². The lowest BCUT2D eigenvalue weighted by molar-refractivity contribution is -0.139. The molecule has 1 fully saturated rings. The van der Waals surface area contributed by atoms with E-state index in [0.717, 1.165) is 4.90 Å². The number of imide groups is 1. The lowest BCUT2D eigenvalue weighted by atomic mass is 9.87. The minimum Gasteiger partial charge on any atom is -0.497 e. The van der Waals surface area contributed by atoms with Gasteiger partial charge in [-0.1, -0.05) is 43.3 Å². The number of anilines is 1. The number of likely N-dealkylation sites (N-methyl/N-ethyl adjacent to an activating group) is 1. The molecule has 9 nitrogen and oxygen atoms in total. The molecule has 1 atom stereocenters. The van der Waals surface area contributed by atoms with Crippen LogP contribution in [-0.4, -0.2) is 60.8 Å². The third-order valence-corrected chi connectivity index (χ3v) is 5.43. The normalized spacial score (nSPS) is 17.7. The van der Waals surface area contributed by atoms with Crippen LogP contribution in [0.5, 0.6) is 5.75 Å². The number of hydrogen-bond acceptors (Lipinski definition) is 5. The van der Waals surface area contributed by atoms with Crippen molar-refractivity contribution in [1.82, 2.24) is 15.1 Å². The molecule has 9 heteroatoms. The summed E-state index contributed by atoms with van der Waals surface area (Å²) >= 11 is 0. The van der Waals surface area contributed by atoms with E-state index in [4.69, 9.17) is 4.74 Å². The Kier molecular flexibility index (Phi) is 6.77. The predicted octanol–water partition coefficient (Wildman–Crippen LogP) is 1.95. The van der Waals surface area contributed by atoms with Crippen molar-refractivity contribution in [1.29, 1.82) is 0 Å². The van der Waals surface area contributed by atoms with E-state index in [1.165, 1.54) is 19.1 Å². The number of benzene rings is 2. The molecule has 168 valence electrons. The molecule has 1 heterocycles. The van der Waals surface area contributed by atoms with Crippen molar-refractivity contribution >= 4 is 29.4 Å². The molecule has 0 spiro atoms. The maximum atomic E-state index is 13.1. The molecule has 0 unspecified atom stereocenters. The zero-order valence-corrected chi connectivity index (χ0v) is 18.3. The zero-order valence-electron chi connectivity index (χ0n) is 18.3. The van der Waals surface area contributed by atoms with Crippen molar-refractivity contribution in [2.24, 2.45) is 0 Å². The van der Waals surface area contributed by atoms with Crippen molar-refractivity contribution in [3.8, 4) is 5.75 Å². The van der Waals surface area contributed by atoms with Crippen LogP contribution in [0.3, 0.4) is 0 Å². The molecule has 32 heavy (non-hydrogen) atoms. The van der Waals surface area contributed by atoms with Gasteiger partial charge in [-0.15, -0.1) is 0 Å². The van der Waals surface area contributed by atoms with Crippen LogP contribution in [0.4, 0.5) is 10.5 Å². The van der Waals surface area contributed by atoms with Crippen LogP contribution in [-0.2, 0) is 19.9 Å². The van der Waals surface area contributed by atoms with Gasteiger partial charge in [-0.3, -0.25) is 19.3 Å². The molecule has 0 radical (unpaired) electrons. The standard InChI is InChI=1S/C23H26N4O5/c1-4-23(16-9-6-5-7-10-16)21(30)27(22(31)25-23)15-20(29)26(2)14-19(28)24-17-11-8-12-18(13-17)32-3/h5-13H,4,14-15H2,1-3H3,(H,24,28)(H,25,31)/t23-/m0/s1. The molecule has 0 saturated carbocycles. The highest BCUT2D eigenvalue weighted by Gasteiger charge is 2.51. The summed E-state index contributed by atoms with van der Waals surface area (Å²) in [6, 6.07) is 15.1. The molecule has 2 aromatic rings. The fourth-order valence-corrected chi connectivity index (χ4v) is 3.59. The molecular weight excluding hydrogens is 412 g/mol. The highest BCUT2D eigenvalue weighted by Crippen LogP contribution is 2.32. The second kappa shape index (κ2) is 9.51. The van der Waals surface area contributed by atoms with Crippen LogP contribution >= 0.6 is 0 Å². The Morgan fingerprint density at radius 3 is 2.50 bits per heavy atom. The Morgan fingerprint density at radius 2 is 1.84 bits per heavy atom. The summed E-state index contributed by atoms with van der Waals surface area (Å²) in [5.41, 5.74) is -0.0253. The Hall–Kier alpha value is -3.88. The minimum atomic E-state index is -1.21. The van der Waals surface area contributed by atoms with Crippen molar-refractivity contribution in [2.45, 2.75) is 18.9 Å². The summed E-state index contributed by atoms with van der Waals surface area (Å²) in [5.74, 6) is -0.852. The fraction of sp³-hybridized carbons (Fsp3) is 0.304. The summed E-state index contributed by atoms with van der Waals surface area (Å²) in [6.07, 6.45) is 0.338. The SMILES string of the molecule is CC[C@@]1(c2ccccc2)NC(=O)N(CC(=O)N(C)CC(=O)Nc2cccc(OC)c2)C1=O. The second-order valence-corrected chi connectivity index (χ2v) is 7.48. The maximum Gasteiger partial charge on any atom is 0.325 e. The van der Waals surface area contributed by atoms with Gasteiger partial charge in [0.05, 0.1) is 13.7 Å². The molecule has 0 aromatic heterocycles. The summed E-state index contributed by atoms with van der Waals surface area (Å²) in [4.78, 5) is 52.7.